The third kappa shape index (κ3) is 5.64. The summed E-state index contributed by atoms with van der Waals surface area (Å²) >= 11 is 1.73. The molecule has 5 heteroatoms. The van der Waals surface area contributed by atoms with Gasteiger partial charge in [-0.05, 0) is 48.3 Å². The smallest absolute Gasteiger partial charge is 0.238 e. The Morgan fingerprint density at radius 3 is 2.85 bits per heavy atom. The normalized spacial score (nSPS) is 17.0. The molecule has 1 saturated heterocycles. The highest BCUT2D eigenvalue weighted by Gasteiger charge is 2.22. The minimum Gasteiger partial charge on any atom is -0.377 e. The SMILES string of the molecule is Cc1cccc(C(C)C)c1NC(=O)CN(Cc1cccs1)C[C@H]1CCCO1. The van der Waals surface area contributed by atoms with E-state index in [0.717, 1.165) is 43.8 Å². The monoisotopic (exact) mass is 386 g/mol. The van der Waals surface area contributed by atoms with Crippen molar-refractivity contribution in [2.75, 3.05) is 25.0 Å². The van der Waals surface area contributed by atoms with Gasteiger partial charge in [-0.1, -0.05) is 38.1 Å². The van der Waals surface area contributed by atoms with Crippen LogP contribution in [0.15, 0.2) is 35.7 Å². The number of aryl methyl sites for hydroxylation is 1. The highest BCUT2D eigenvalue weighted by Crippen LogP contribution is 2.27. The van der Waals surface area contributed by atoms with E-state index in [1.54, 1.807) is 11.3 Å². The van der Waals surface area contributed by atoms with Gasteiger partial charge < -0.3 is 10.1 Å². The van der Waals surface area contributed by atoms with Gasteiger partial charge in [0, 0.05) is 30.3 Å². The van der Waals surface area contributed by atoms with Crippen LogP contribution in [-0.4, -0.2) is 36.6 Å². The maximum Gasteiger partial charge on any atom is 0.238 e. The van der Waals surface area contributed by atoms with Crippen LogP contribution in [0.1, 0.15) is 48.6 Å². The number of hydrogen-bond acceptors (Lipinski definition) is 4. The van der Waals surface area contributed by atoms with Crippen LogP contribution < -0.4 is 5.32 Å². The Balaban J connectivity index is 1.68. The first kappa shape index (κ1) is 20.1. The van der Waals surface area contributed by atoms with Crippen LogP contribution in [0.4, 0.5) is 5.69 Å². The van der Waals surface area contributed by atoms with E-state index < -0.39 is 0 Å². The molecule has 1 aromatic heterocycles. The first-order valence-corrected chi connectivity index (χ1v) is 10.7. The van der Waals surface area contributed by atoms with E-state index >= 15 is 0 Å². The van der Waals surface area contributed by atoms with Gasteiger partial charge >= 0.3 is 0 Å². The molecule has 1 aliphatic heterocycles. The van der Waals surface area contributed by atoms with Crippen molar-refractivity contribution in [3.05, 3.63) is 51.7 Å². The number of carbonyl (C=O) groups excluding carboxylic acids is 1. The summed E-state index contributed by atoms with van der Waals surface area (Å²) in [5.74, 6) is 0.412. The zero-order valence-corrected chi connectivity index (χ0v) is 17.3. The molecule has 2 heterocycles. The molecule has 0 saturated carbocycles. The number of nitrogens with zero attached hydrogens (tertiary/aromatic N) is 1. The highest BCUT2D eigenvalue weighted by molar-refractivity contribution is 7.09. The van der Waals surface area contributed by atoms with E-state index in [1.807, 2.05) is 0 Å². The molecule has 0 radical (unpaired) electrons. The average Bonchev–Trinajstić information content (AvgIpc) is 3.30. The largest absolute Gasteiger partial charge is 0.377 e. The Bertz CT molecular complexity index is 737. The van der Waals surface area contributed by atoms with Crippen LogP contribution in [0, 0.1) is 6.92 Å². The zero-order chi connectivity index (χ0) is 19.2. The molecule has 1 aliphatic rings. The van der Waals surface area contributed by atoms with Crippen LogP contribution in [0.25, 0.3) is 0 Å². The molecule has 0 bridgehead atoms. The summed E-state index contributed by atoms with van der Waals surface area (Å²) in [7, 11) is 0. The molecule has 146 valence electrons. The van der Waals surface area contributed by atoms with E-state index in [-0.39, 0.29) is 12.0 Å². The van der Waals surface area contributed by atoms with Gasteiger partial charge in [-0.2, -0.15) is 0 Å². The van der Waals surface area contributed by atoms with Gasteiger partial charge in [0.2, 0.25) is 5.91 Å². The zero-order valence-electron chi connectivity index (χ0n) is 16.5. The van der Waals surface area contributed by atoms with Crippen molar-refractivity contribution >= 4 is 22.9 Å². The standard InChI is InChI=1S/C22H30N2O2S/c1-16(2)20-10-4-7-17(3)22(20)23-21(25)15-24(13-18-8-5-11-26-18)14-19-9-6-12-27-19/h4,6-7,9-10,12,16,18H,5,8,11,13-15H2,1-3H3,(H,23,25)/t18-/m1/s1. The van der Waals surface area contributed by atoms with Crippen LogP contribution in [0.3, 0.4) is 0 Å². The second-order valence-corrected chi connectivity index (χ2v) is 8.66. The predicted molar refractivity (Wildman–Crippen MR) is 112 cm³/mol. The molecular formula is C22H30N2O2S. The summed E-state index contributed by atoms with van der Waals surface area (Å²) in [5.41, 5.74) is 3.26. The van der Waals surface area contributed by atoms with Gasteiger partial charge in [-0.25, -0.2) is 0 Å². The summed E-state index contributed by atoms with van der Waals surface area (Å²) in [5, 5.41) is 5.26. The number of anilines is 1. The van der Waals surface area contributed by atoms with E-state index in [1.165, 1.54) is 10.4 Å². The molecule has 2 aromatic rings. The molecule has 27 heavy (non-hydrogen) atoms. The van der Waals surface area contributed by atoms with Crippen molar-refractivity contribution in [2.24, 2.45) is 0 Å². The number of benzene rings is 1. The Kier molecular flexibility index (Phi) is 7.05. The number of thiophene rings is 1. The topological polar surface area (TPSA) is 41.6 Å². The molecule has 4 nitrogen and oxygen atoms in total. The molecule has 0 spiro atoms. The van der Waals surface area contributed by atoms with Crippen LogP contribution >= 0.6 is 11.3 Å². The molecule has 1 fully saturated rings. The first-order valence-electron chi connectivity index (χ1n) is 9.78. The Labute approximate surface area is 166 Å². The van der Waals surface area contributed by atoms with Crippen molar-refractivity contribution < 1.29 is 9.53 Å². The van der Waals surface area contributed by atoms with Crippen LogP contribution in [-0.2, 0) is 16.1 Å². The number of rotatable bonds is 8. The van der Waals surface area contributed by atoms with Gasteiger partial charge in [0.25, 0.3) is 0 Å². The van der Waals surface area contributed by atoms with E-state index in [4.69, 9.17) is 4.74 Å². The lowest BCUT2D eigenvalue weighted by Crippen LogP contribution is -2.38. The van der Waals surface area contributed by atoms with Gasteiger partial charge in [0.05, 0.1) is 12.6 Å². The number of nitrogens with one attached hydrogen (secondary N) is 1. The molecule has 0 unspecified atom stereocenters. The van der Waals surface area contributed by atoms with Crippen LogP contribution in [0.5, 0.6) is 0 Å². The molecule has 1 atom stereocenters. The Morgan fingerprint density at radius 2 is 2.19 bits per heavy atom. The molecular weight excluding hydrogens is 356 g/mol. The predicted octanol–water partition coefficient (Wildman–Crippen LogP) is 4.80. The third-order valence-electron chi connectivity index (χ3n) is 5.00. The first-order chi connectivity index (χ1) is 13.0. The van der Waals surface area contributed by atoms with Crippen molar-refractivity contribution in [3.8, 4) is 0 Å². The van der Waals surface area contributed by atoms with Crippen molar-refractivity contribution in [3.63, 3.8) is 0 Å². The Hall–Kier alpha value is -1.69. The second-order valence-electron chi connectivity index (χ2n) is 7.63. The highest BCUT2D eigenvalue weighted by atomic mass is 32.1. The van der Waals surface area contributed by atoms with Gasteiger partial charge in [0.15, 0.2) is 0 Å². The number of carbonyl (C=O) groups is 1. The fourth-order valence-electron chi connectivity index (χ4n) is 3.61. The molecule has 3 rings (SSSR count). The fourth-order valence-corrected chi connectivity index (χ4v) is 4.35. The maximum absolute atomic E-state index is 12.9. The average molecular weight is 387 g/mol. The summed E-state index contributed by atoms with van der Waals surface area (Å²) < 4.78 is 5.80. The van der Waals surface area contributed by atoms with Gasteiger partial charge in [-0.3, -0.25) is 9.69 Å². The lowest BCUT2D eigenvalue weighted by Gasteiger charge is -2.25. The number of amides is 1. The molecule has 1 N–H and O–H groups in total. The van der Waals surface area contributed by atoms with E-state index in [0.29, 0.717) is 12.5 Å². The number of hydrogen-bond donors (Lipinski definition) is 1. The van der Waals surface area contributed by atoms with Crippen molar-refractivity contribution in [1.29, 1.82) is 0 Å². The summed E-state index contributed by atoms with van der Waals surface area (Å²) in [4.78, 5) is 16.4. The van der Waals surface area contributed by atoms with E-state index in [2.05, 4.69) is 66.7 Å². The summed E-state index contributed by atoms with van der Waals surface area (Å²) in [6.07, 6.45) is 2.44. The molecule has 0 aliphatic carbocycles. The molecule has 1 amide bonds. The minimum atomic E-state index is 0.0424. The van der Waals surface area contributed by atoms with Gasteiger partial charge in [0.1, 0.15) is 0 Å². The molecule has 1 aromatic carbocycles. The quantitative estimate of drug-likeness (QED) is 0.708. The lowest BCUT2D eigenvalue weighted by molar-refractivity contribution is -0.117. The summed E-state index contributed by atoms with van der Waals surface area (Å²) in [6, 6.07) is 10.4. The Morgan fingerprint density at radius 1 is 1.33 bits per heavy atom. The van der Waals surface area contributed by atoms with Crippen LogP contribution in [0.2, 0.25) is 0 Å². The van der Waals surface area contributed by atoms with Crippen molar-refractivity contribution in [1.82, 2.24) is 4.90 Å². The van der Waals surface area contributed by atoms with E-state index in [9.17, 15) is 4.79 Å². The number of para-hydroxylation sites is 1. The minimum absolute atomic E-state index is 0.0424. The second kappa shape index (κ2) is 9.49. The maximum atomic E-state index is 12.9. The summed E-state index contributed by atoms with van der Waals surface area (Å²) in [6.45, 7) is 9.17. The fraction of sp³-hybridized carbons (Fsp3) is 0.500. The number of ether oxygens (including phenoxy) is 1. The van der Waals surface area contributed by atoms with Gasteiger partial charge in [-0.15, -0.1) is 11.3 Å². The lowest BCUT2D eigenvalue weighted by atomic mass is 9.98. The third-order valence-corrected chi connectivity index (χ3v) is 5.87. The van der Waals surface area contributed by atoms with Crippen molar-refractivity contribution in [2.45, 2.75) is 52.2 Å².